The van der Waals surface area contributed by atoms with Crippen LogP contribution in [0.4, 0.5) is 4.79 Å². The van der Waals surface area contributed by atoms with Crippen LogP contribution >= 0.6 is 0 Å². The lowest BCUT2D eigenvalue weighted by Crippen LogP contribution is -2.38. The third kappa shape index (κ3) is 13.6. The van der Waals surface area contributed by atoms with Crippen LogP contribution in [0, 0.1) is 23.7 Å². The van der Waals surface area contributed by atoms with Crippen molar-refractivity contribution in [1.82, 2.24) is 15.1 Å². The van der Waals surface area contributed by atoms with Crippen molar-refractivity contribution in [3.05, 3.63) is 142 Å². The van der Waals surface area contributed by atoms with Crippen LogP contribution in [0.2, 0.25) is 0 Å². The Balaban J connectivity index is 0.972. The van der Waals surface area contributed by atoms with Crippen molar-refractivity contribution >= 4 is 23.9 Å². The molecule has 3 amide bonds. The van der Waals surface area contributed by atoms with Gasteiger partial charge in [-0.05, 0) is 156 Å². The molecule has 0 radical (unpaired) electrons. The molecule has 2 aliphatic heterocycles. The highest BCUT2D eigenvalue weighted by atomic mass is 16.6. The summed E-state index contributed by atoms with van der Waals surface area (Å²) >= 11 is 0. The molecule has 322 valence electrons. The molecule has 0 bridgehead atoms. The first kappa shape index (κ1) is 45.2. The summed E-state index contributed by atoms with van der Waals surface area (Å²) in [5.74, 6) is 12.5. The first-order valence-corrected chi connectivity index (χ1v) is 21.8. The third-order valence-electron chi connectivity index (χ3n) is 11.0. The maximum Gasteiger partial charge on any atom is 0.407 e. The summed E-state index contributed by atoms with van der Waals surface area (Å²) in [4.78, 5) is 55.3. The zero-order valence-electron chi connectivity index (χ0n) is 37.0. The van der Waals surface area contributed by atoms with Gasteiger partial charge in [-0.15, -0.1) is 0 Å². The number of ether oxygens (including phenoxy) is 2. The van der Waals surface area contributed by atoms with E-state index >= 15 is 0 Å². The molecule has 2 saturated heterocycles. The average Bonchev–Trinajstić information content (AvgIpc) is 3.25. The van der Waals surface area contributed by atoms with Gasteiger partial charge in [0.1, 0.15) is 11.2 Å². The van der Waals surface area contributed by atoms with Crippen molar-refractivity contribution in [3.63, 3.8) is 0 Å². The number of carbonyl (C=O) groups is 4. The molecule has 4 aromatic rings. The lowest BCUT2D eigenvalue weighted by atomic mass is 9.88. The number of alkyl carbamates (subject to hydrolysis) is 1. The van der Waals surface area contributed by atoms with Gasteiger partial charge in [-0.1, -0.05) is 72.5 Å². The topological polar surface area (TPSA) is 105 Å². The number of likely N-dealkylation sites (tertiary alicyclic amines) is 2. The second-order valence-electron chi connectivity index (χ2n) is 18.2. The molecule has 2 aliphatic rings. The Morgan fingerprint density at radius 1 is 0.597 bits per heavy atom. The molecule has 0 spiro atoms. The van der Waals surface area contributed by atoms with E-state index in [1.807, 2.05) is 112 Å². The standard InChI is InChI=1S/C53H59N3O6/c1-52(2,3)61-48(57)24-23-40-17-9-19-44(33-40)42-25-29-55(30-26-42)49(58)46-21-10-15-38(34-46)13-7-8-14-39-16-11-22-47(35-39)50(59)56-31-27-43(28-32-56)45-20-12-18-41(36-45)37-54-51(60)62-53(4,5)6/h9-12,15-22,33-36,42-43H,23-32,37H2,1-6H3,(H,54,60). The highest BCUT2D eigenvalue weighted by Gasteiger charge is 2.27. The molecule has 0 atom stereocenters. The number of piperidine rings is 2. The van der Waals surface area contributed by atoms with Gasteiger partial charge >= 0.3 is 12.1 Å². The van der Waals surface area contributed by atoms with Crippen LogP contribution in [-0.2, 0) is 27.2 Å². The molecule has 0 saturated carbocycles. The first-order chi connectivity index (χ1) is 29.6. The van der Waals surface area contributed by atoms with Gasteiger partial charge in [-0.25, -0.2) is 4.79 Å². The number of hydrogen-bond acceptors (Lipinski definition) is 6. The molecule has 2 heterocycles. The number of nitrogens with zero attached hydrogens (tertiary/aromatic N) is 2. The Morgan fingerprint density at radius 2 is 1.05 bits per heavy atom. The molecule has 62 heavy (non-hydrogen) atoms. The van der Waals surface area contributed by atoms with E-state index in [0.717, 1.165) is 36.8 Å². The molecule has 2 fully saturated rings. The van der Waals surface area contributed by atoms with Crippen LogP contribution in [0.15, 0.2) is 97.1 Å². The SMILES string of the molecule is CC(C)(C)OC(=O)CCc1cccc(C2CCN(C(=O)c3cccc(C#CC#Cc4cccc(C(=O)N5CCC(c6cccc(CNC(=O)OC(C)(C)C)c6)CC5)c4)c3)CC2)c1. The predicted molar refractivity (Wildman–Crippen MR) is 243 cm³/mol. The maximum absolute atomic E-state index is 13.5. The molecule has 0 unspecified atom stereocenters. The number of rotatable bonds is 9. The minimum Gasteiger partial charge on any atom is -0.460 e. The normalized spacial score (nSPS) is 14.7. The fourth-order valence-corrected chi connectivity index (χ4v) is 7.95. The lowest BCUT2D eigenvalue weighted by molar-refractivity contribution is -0.154. The van der Waals surface area contributed by atoms with Gasteiger partial charge in [0, 0.05) is 61.4 Å². The zero-order valence-corrected chi connectivity index (χ0v) is 37.0. The van der Waals surface area contributed by atoms with Gasteiger partial charge in [0.15, 0.2) is 0 Å². The van der Waals surface area contributed by atoms with E-state index in [1.165, 1.54) is 11.1 Å². The highest BCUT2D eigenvalue weighted by Crippen LogP contribution is 2.31. The number of benzene rings is 4. The summed E-state index contributed by atoms with van der Waals surface area (Å²) in [6, 6.07) is 31.4. The molecule has 0 aromatic heterocycles. The van der Waals surface area contributed by atoms with Crippen LogP contribution in [0.25, 0.3) is 0 Å². The predicted octanol–water partition coefficient (Wildman–Crippen LogP) is 9.43. The van der Waals surface area contributed by atoms with Crippen molar-refractivity contribution in [1.29, 1.82) is 0 Å². The van der Waals surface area contributed by atoms with Crippen molar-refractivity contribution in [2.75, 3.05) is 26.2 Å². The summed E-state index contributed by atoms with van der Waals surface area (Å²) in [6.07, 6.45) is 3.99. The quantitative estimate of drug-likeness (QED) is 0.133. The van der Waals surface area contributed by atoms with E-state index in [2.05, 4.69) is 65.4 Å². The van der Waals surface area contributed by atoms with E-state index < -0.39 is 17.3 Å². The van der Waals surface area contributed by atoms with Crippen LogP contribution in [0.3, 0.4) is 0 Å². The number of nitrogens with one attached hydrogen (secondary N) is 1. The average molecular weight is 834 g/mol. The molecule has 1 N–H and O–H groups in total. The Labute approximate surface area is 367 Å². The molecule has 6 rings (SSSR count). The van der Waals surface area contributed by atoms with Gasteiger partial charge in [0.25, 0.3) is 11.8 Å². The molecular formula is C53H59N3O6. The number of hydrogen-bond donors (Lipinski definition) is 1. The maximum atomic E-state index is 13.5. The molecular weight excluding hydrogens is 775 g/mol. The summed E-state index contributed by atoms with van der Waals surface area (Å²) in [6.45, 7) is 14.2. The fraction of sp³-hybridized carbons (Fsp3) is 0.396. The third-order valence-corrected chi connectivity index (χ3v) is 11.0. The van der Waals surface area contributed by atoms with Gasteiger partial charge < -0.3 is 24.6 Å². The molecule has 9 heteroatoms. The van der Waals surface area contributed by atoms with Gasteiger partial charge in [-0.3, -0.25) is 14.4 Å². The summed E-state index contributed by atoms with van der Waals surface area (Å²) in [5, 5.41) is 2.83. The minimum absolute atomic E-state index is 0.00565. The zero-order chi connectivity index (χ0) is 44.3. The lowest BCUT2D eigenvalue weighted by Gasteiger charge is -2.32. The highest BCUT2D eigenvalue weighted by molar-refractivity contribution is 5.95. The van der Waals surface area contributed by atoms with Crippen molar-refractivity contribution in [2.45, 2.75) is 110 Å². The van der Waals surface area contributed by atoms with E-state index in [-0.39, 0.29) is 17.8 Å². The first-order valence-electron chi connectivity index (χ1n) is 21.8. The van der Waals surface area contributed by atoms with Crippen LogP contribution in [0.5, 0.6) is 0 Å². The van der Waals surface area contributed by atoms with Crippen LogP contribution in [0.1, 0.15) is 140 Å². The molecule has 0 aliphatic carbocycles. The van der Waals surface area contributed by atoms with E-state index in [1.54, 1.807) is 0 Å². The van der Waals surface area contributed by atoms with Crippen molar-refractivity contribution in [3.8, 4) is 23.7 Å². The van der Waals surface area contributed by atoms with Crippen LogP contribution < -0.4 is 5.32 Å². The van der Waals surface area contributed by atoms with Crippen molar-refractivity contribution < 1.29 is 28.7 Å². The summed E-state index contributed by atoms with van der Waals surface area (Å²) in [5.41, 5.74) is 6.16. The second kappa shape index (κ2) is 20.5. The van der Waals surface area contributed by atoms with E-state index in [4.69, 9.17) is 9.47 Å². The Hall–Kier alpha value is -6.32. The monoisotopic (exact) mass is 833 g/mol. The summed E-state index contributed by atoms with van der Waals surface area (Å²) < 4.78 is 10.8. The number of aryl methyl sites for hydroxylation is 1. The Kier molecular flexibility index (Phi) is 14.9. The van der Waals surface area contributed by atoms with Gasteiger partial charge in [-0.2, -0.15) is 0 Å². The number of carbonyl (C=O) groups excluding carboxylic acids is 4. The fourth-order valence-electron chi connectivity index (χ4n) is 7.95. The summed E-state index contributed by atoms with van der Waals surface area (Å²) in [7, 11) is 0. The smallest absolute Gasteiger partial charge is 0.407 e. The largest absolute Gasteiger partial charge is 0.460 e. The number of esters is 1. The second-order valence-corrected chi connectivity index (χ2v) is 18.2. The Bertz CT molecular complexity index is 2200. The minimum atomic E-state index is -0.550. The molecule has 9 nitrogen and oxygen atoms in total. The van der Waals surface area contributed by atoms with Crippen molar-refractivity contribution in [2.24, 2.45) is 0 Å². The van der Waals surface area contributed by atoms with E-state index in [9.17, 15) is 19.2 Å². The van der Waals surface area contributed by atoms with E-state index in [0.29, 0.717) is 79.7 Å². The number of amides is 3. The van der Waals surface area contributed by atoms with Crippen LogP contribution in [-0.4, -0.2) is 71.1 Å². The Morgan fingerprint density at radius 3 is 1.53 bits per heavy atom. The van der Waals surface area contributed by atoms with Gasteiger partial charge in [0.05, 0.1) is 0 Å². The molecule has 4 aromatic carbocycles. The van der Waals surface area contributed by atoms with Gasteiger partial charge in [0.2, 0.25) is 0 Å².